The van der Waals surface area contributed by atoms with Crippen molar-refractivity contribution in [1.29, 1.82) is 0 Å². The number of esters is 1. The molecule has 21 atom stereocenters. The van der Waals surface area contributed by atoms with E-state index in [0.717, 1.165) is 6.29 Å². The van der Waals surface area contributed by atoms with Gasteiger partial charge < -0.3 is 77.9 Å². The Labute approximate surface area is 378 Å². The van der Waals surface area contributed by atoms with Crippen molar-refractivity contribution in [3.05, 3.63) is 23.8 Å². The number of aliphatic hydroxyl groups excluding tert-OH is 4. The Morgan fingerprint density at radius 3 is 2.11 bits per heavy atom. The standard InChI is InChI=1S/C46H77NO17/c1-13-33-30(22-58-45-42(57-12)41(56-11)37(52)26(5)60-45)18-23(2)14-15-31(49)24(3)19-29(16-17-48)39(25(4)32(50)20-34(51)62-33)64-44-38(53)36(47(9)10)40(27(6)61-44)63-35-21-46(8,55)43(54)28(7)59-35/h14-15,17-18,24-30,32-33,35-45,50,52-55H,13,16,19-22H2,1-12H3/t24-,25+,26-,27-,28+,29+,30-,32-,33-,35-,36-,37-,38-,39-,40-,41-,42-,43+,44+,45-,46-/m1/s1. The lowest BCUT2D eigenvalue weighted by Crippen LogP contribution is -2.65. The van der Waals surface area contributed by atoms with Crippen LogP contribution in [0.15, 0.2) is 23.8 Å². The van der Waals surface area contributed by atoms with Gasteiger partial charge in [-0.1, -0.05) is 38.5 Å². The van der Waals surface area contributed by atoms with Crippen molar-refractivity contribution < 1.29 is 82.5 Å². The summed E-state index contributed by atoms with van der Waals surface area (Å²) < 4.78 is 54.7. The number of carbonyl (C=O) groups excluding carboxylic acids is 3. The van der Waals surface area contributed by atoms with E-state index >= 15 is 0 Å². The molecular weight excluding hydrogens is 838 g/mol. The van der Waals surface area contributed by atoms with Crippen molar-refractivity contribution in [2.75, 3.05) is 34.9 Å². The monoisotopic (exact) mass is 916 g/mol. The zero-order chi connectivity index (χ0) is 47.8. The molecule has 18 nitrogen and oxygen atoms in total. The van der Waals surface area contributed by atoms with Gasteiger partial charge in [-0.05, 0) is 73.5 Å². The summed E-state index contributed by atoms with van der Waals surface area (Å²) in [5.41, 5.74) is -0.806. The highest BCUT2D eigenvalue weighted by atomic mass is 16.7. The molecule has 64 heavy (non-hydrogen) atoms. The van der Waals surface area contributed by atoms with E-state index in [9.17, 15) is 39.9 Å². The van der Waals surface area contributed by atoms with E-state index < -0.39 is 140 Å². The summed E-state index contributed by atoms with van der Waals surface area (Å²) in [5.74, 6) is -3.59. The van der Waals surface area contributed by atoms with Gasteiger partial charge in [-0.3, -0.25) is 9.59 Å². The van der Waals surface area contributed by atoms with E-state index in [1.807, 2.05) is 19.9 Å². The van der Waals surface area contributed by atoms with Crippen LogP contribution in [-0.2, 0) is 57.0 Å². The second kappa shape index (κ2) is 24.1. The maximum Gasteiger partial charge on any atom is 0.308 e. The molecule has 0 aromatic heterocycles. The van der Waals surface area contributed by atoms with Crippen LogP contribution < -0.4 is 0 Å². The fourth-order valence-corrected chi connectivity index (χ4v) is 9.51. The first-order valence-electron chi connectivity index (χ1n) is 22.7. The highest BCUT2D eigenvalue weighted by molar-refractivity contribution is 5.91. The van der Waals surface area contributed by atoms with Crippen LogP contribution in [0, 0.1) is 23.7 Å². The van der Waals surface area contributed by atoms with Crippen molar-refractivity contribution in [3.63, 3.8) is 0 Å². The van der Waals surface area contributed by atoms with Crippen LogP contribution >= 0.6 is 0 Å². The molecule has 4 heterocycles. The minimum atomic E-state index is -1.49. The Hall–Kier alpha value is -2.27. The van der Waals surface area contributed by atoms with E-state index in [4.69, 9.17) is 42.6 Å². The van der Waals surface area contributed by atoms with Crippen LogP contribution in [-0.4, -0.2) is 187 Å². The molecule has 4 rings (SSSR count). The van der Waals surface area contributed by atoms with Crippen molar-refractivity contribution in [3.8, 4) is 0 Å². The summed E-state index contributed by atoms with van der Waals surface area (Å²) in [6.07, 6.45) is -8.49. The summed E-state index contributed by atoms with van der Waals surface area (Å²) in [4.78, 5) is 41.5. The Morgan fingerprint density at radius 2 is 1.52 bits per heavy atom. The molecule has 0 radical (unpaired) electrons. The zero-order valence-electron chi connectivity index (χ0n) is 39.7. The smallest absolute Gasteiger partial charge is 0.308 e. The maximum absolute atomic E-state index is 13.8. The molecule has 4 aliphatic rings. The van der Waals surface area contributed by atoms with Gasteiger partial charge in [0.2, 0.25) is 0 Å². The molecule has 0 aromatic carbocycles. The van der Waals surface area contributed by atoms with Gasteiger partial charge in [0.05, 0.1) is 55.2 Å². The molecule has 3 fully saturated rings. The Morgan fingerprint density at radius 1 is 0.859 bits per heavy atom. The molecule has 0 amide bonds. The highest BCUT2D eigenvalue weighted by Crippen LogP contribution is 2.37. The van der Waals surface area contributed by atoms with Gasteiger partial charge in [-0.15, -0.1) is 0 Å². The topological polar surface area (TPSA) is 239 Å². The average Bonchev–Trinajstić information content (AvgIpc) is 3.23. The molecule has 0 aliphatic carbocycles. The largest absolute Gasteiger partial charge is 0.462 e. The van der Waals surface area contributed by atoms with Gasteiger partial charge >= 0.3 is 5.97 Å². The summed E-state index contributed by atoms with van der Waals surface area (Å²) >= 11 is 0. The van der Waals surface area contributed by atoms with Crippen LogP contribution in [0.25, 0.3) is 0 Å². The summed E-state index contributed by atoms with van der Waals surface area (Å²) in [5, 5.41) is 55.8. The first-order valence-corrected chi connectivity index (χ1v) is 22.7. The highest BCUT2D eigenvalue weighted by Gasteiger charge is 2.52. The number of aliphatic hydroxyl groups is 5. The van der Waals surface area contributed by atoms with Gasteiger partial charge in [0.1, 0.15) is 49.0 Å². The summed E-state index contributed by atoms with van der Waals surface area (Å²) in [6.45, 7) is 13.6. The van der Waals surface area contributed by atoms with Crippen molar-refractivity contribution >= 4 is 18.0 Å². The third-order valence-corrected chi connectivity index (χ3v) is 13.4. The second-order valence-corrected chi connectivity index (χ2v) is 18.7. The molecule has 0 aromatic rings. The van der Waals surface area contributed by atoms with Crippen molar-refractivity contribution in [2.24, 2.45) is 23.7 Å². The number of likely N-dealkylation sites (N-methyl/N-ethyl adjacent to an activating group) is 1. The normalized spacial score (nSPS) is 44.6. The number of allylic oxidation sites excluding steroid dienone is 3. The number of nitrogens with zero attached hydrogens (tertiary/aromatic N) is 1. The number of rotatable bonds is 13. The van der Waals surface area contributed by atoms with Gasteiger partial charge in [0.15, 0.2) is 24.7 Å². The Kier molecular flexibility index (Phi) is 20.5. The summed E-state index contributed by atoms with van der Waals surface area (Å²) in [6, 6.07) is -0.748. The lowest BCUT2D eigenvalue weighted by Gasteiger charge is -2.50. The lowest BCUT2D eigenvalue weighted by molar-refractivity contribution is -0.341. The molecule has 0 spiro atoms. The minimum Gasteiger partial charge on any atom is -0.462 e. The molecule has 368 valence electrons. The molecule has 0 bridgehead atoms. The predicted octanol–water partition coefficient (Wildman–Crippen LogP) is 1.83. The Balaban J connectivity index is 1.62. The van der Waals surface area contributed by atoms with E-state index in [-0.39, 0.29) is 31.7 Å². The predicted molar refractivity (Wildman–Crippen MR) is 230 cm³/mol. The third kappa shape index (κ3) is 13.5. The molecular formula is C46H77NO17. The SMILES string of the molecule is CC[C@H]1OC(=O)C[C@@H](O)[C@H](C)[C@@H](O[C@@H]2O[C@H](C)[C@@H](O[C@@H]3C[C@@](C)(O)[C@@H](O)[C@H](C)O3)[C@H](N(C)C)[C@H]2O)[C@@H](CC=O)C[C@@H](C)C(=O)C=CC(C)=C[C@@H]1CO[C@@H]1O[C@H](C)[C@@H](O)[C@@H](OC)[C@H]1OC. The molecule has 0 saturated carbocycles. The van der Waals surface area contributed by atoms with Crippen molar-refractivity contribution in [1.82, 2.24) is 4.90 Å². The van der Waals surface area contributed by atoms with Crippen LogP contribution in [0.1, 0.15) is 87.5 Å². The van der Waals surface area contributed by atoms with Crippen molar-refractivity contribution in [2.45, 2.75) is 191 Å². The fourth-order valence-electron chi connectivity index (χ4n) is 9.51. The molecule has 18 heteroatoms. The van der Waals surface area contributed by atoms with Gasteiger partial charge in [0, 0.05) is 44.8 Å². The van der Waals surface area contributed by atoms with Crippen LogP contribution in [0.4, 0.5) is 0 Å². The van der Waals surface area contributed by atoms with E-state index in [2.05, 4.69) is 0 Å². The van der Waals surface area contributed by atoms with Crippen LogP contribution in [0.3, 0.4) is 0 Å². The molecule has 3 saturated heterocycles. The van der Waals surface area contributed by atoms with Crippen LogP contribution in [0.2, 0.25) is 0 Å². The van der Waals surface area contributed by atoms with E-state index in [1.165, 1.54) is 27.2 Å². The lowest BCUT2D eigenvalue weighted by atomic mass is 9.79. The van der Waals surface area contributed by atoms with E-state index in [0.29, 0.717) is 12.0 Å². The number of ketones is 1. The number of hydrogen-bond acceptors (Lipinski definition) is 18. The number of carbonyl (C=O) groups is 3. The molecule has 4 aliphatic heterocycles. The van der Waals surface area contributed by atoms with Crippen LogP contribution in [0.5, 0.6) is 0 Å². The number of cyclic esters (lactones) is 1. The number of aldehydes is 1. The summed E-state index contributed by atoms with van der Waals surface area (Å²) in [7, 11) is 6.43. The van der Waals surface area contributed by atoms with E-state index in [1.54, 1.807) is 59.7 Å². The van der Waals surface area contributed by atoms with Gasteiger partial charge in [0.25, 0.3) is 0 Å². The molecule has 5 N–H and O–H groups in total. The van der Waals surface area contributed by atoms with Gasteiger partial charge in [-0.2, -0.15) is 0 Å². The Bertz CT molecular complexity index is 1560. The maximum atomic E-state index is 13.8. The fraction of sp³-hybridized carbons (Fsp3) is 0.848. The first kappa shape index (κ1) is 54.3. The quantitative estimate of drug-likeness (QED) is 0.131. The number of ether oxygens (including phenoxy) is 9. The zero-order valence-corrected chi connectivity index (χ0v) is 39.7. The number of methoxy groups -OCH3 is 2. The number of hydrogen-bond donors (Lipinski definition) is 5. The first-order chi connectivity index (χ1) is 30.1. The third-order valence-electron chi connectivity index (χ3n) is 13.4. The van der Waals surface area contributed by atoms with Gasteiger partial charge in [-0.25, -0.2) is 0 Å². The average molecular weight is 916 g/mol. The minimum absolute atomic E-state index is 0.00788. The second-order valence-electron chi connectivity index (χ2n) is 18.7. The molecule has 0 unspecified atom stereocenters.